The highest BCUT2D eigenvalue weighted by Gasteiger charge is 2.46. The molecule has 6 heteroatoms. The molecule has 1 fully saturated rings. The van der Waals surface area contributed by atoms with Gasteiger partial charge in [-0.3, -0.25) is 9.59 Å². The predicted molar refractivity (Wildman–Crippen MR) is 134 cm³/mol. The van der Waals surface area contributed by atoms with E-state index in [1.165, 1.54) is 4.90 Å². The van der Waals surface area contributed by atoms with Gasteiger partial charge in [0.1, 0.15) is 23.9 Å². The van der Waals surface area contributed by atoms with Gasteiger partial charge in [0, 0.05) is 17.7 Å². The molecule has 180 valence electrons. The fraction of sp³-hybridized carbons (Fsp3) is 0.241. The van der Waals surface area contributed by atoms with Gasteiger partial charge in [-0.2, -0.15) is 0 Å². The number of likely N-dealkylation sites (tertiary alicyclic amines) is 1. The van der Waals surface area contributed by atoms with Gasteiger partial charge in [0.2, 0.25) is 0 Å². The Morgan fingerprint density at radius 1 is 0.971 bits per heavy atom. The number of aliphatic hydroxyl groups is 1. The highest BCUT2D eigenvalue weighted by atomic mass is 16.5. The van der Waals surface area contributed by atoms with E-state index < -0.39 is 17.7 Å². The van der Waals surface area contributed by atoms with Crippen molar-refractivity contribution >= 4 is 17.4 Å². The maximum atomic E-state index is 13.1. The Morgan fingerprint density at radius 2 is 1.69 bits per heavy atom. The van der Waals surface area contributed by atoms with Crippen molar-refractivity contribution in [1.29, 1.82) is 0 Å². The molecule has 1 aliphatic heterocycles. The third kappa shape index (κ3) is 4.78. The lowest BCUT2D eigenvalue weighted by Crippen LogP contribution is -2.30. The second-order valence-electron chi connectivity index (χ2n) is 8.49. The molecule has 0 bridgehead atoms. The Kier molecular flexibility index (Phi) is 7.20. The van der Waals surface area contributed by atoms with E-state index in [1.54, 1.807) is 31.4 Å². The summed E-state index contributed by atoms with van der Waals surface area (Å²) in [5.41, 5.74) is 3.02. The summed E-state index contributed by atoms with van der Waals surface area (Å²) in [5.74, 6) is -0.307. The van der Waals surface area contributed by atoms with Gasteiger partial charge in [0.25, 0.3) is 11.7 Å². The van der Waals surface area contributed by atoms with Crippen LogP contribution < -0.4 is 9.47 Å². The average Bonchev–Trinajstić information content (AvgIpc) is 3.13. The number of carbonyl (C=O) groups excluding carboxylic acids is 2. The number of aryl methyl sites for hydroxylation is 1. The van der Waals surface area contributed by atoms with E-state index >= 15 is 0 Å². The summed E-state index contributed by atoms with van der Waals surface area (Å²) in [7, 11) is 1.54. The number of benzene rings is 3. The number of nitrogens with zero attached hydrogens (tertiary/aromatic N) is 1. The number of rotatable bonds is 8. The number of hydrogen-bond donors (Lipinski definition) is 1. The normalized spacial score (nSPS) is 17.0. The Hall–Kier alpha value is -4.06. The minimum absolute atomic E-state index is 0.0605. The Balaban J connectivity index is 1.73. The molecule has 1 aliphatic rings. The molecule has 1 heterocycles. The van der Waals surface area contributed by atoms with E-state index in [0.29, 0.717) is 42.2 Å². The molecular weight excluding hydrogens is 442 g/mol. The van der Waals surface area contributed by atoms with E-state index in [2.05, 4.69) is 0 Å². The number of hydrogen-bond acceptors (Lipinski definition) is 5. The van der Waals surface area contributed by atoms with Crippen molar-refractivity contribution in [2.24, 2.45) is 0 Å². The first-order valence-electron chi connectivity index (χ1n) is 11.6. The van der Waals surface area contributed by atoms with Crippen LogP contribution >= 0.6 is 0 Å². The van der Waals surface area contributed by atoms with Crippen molar-refractivity contribution in [1.82, 2.24) is 4.90 Å². The molecule has 0 saturated carbocycles. The molecule has 1 atom stereocenters. The van der Waals surface area contributed by atoms with Crippen LogP contribution in [-0.2, 0) is 16.2 Å². The summed E-state index contributed by atoms with van der Waals surface area (Å²) >= 11 is 0. The van der Waals surface area contributed by atoms with E-state index in [9.17, 15) is 14.7 Å². The van der Waals surface area contributed by atoms with Gasteiger partial charge in [-0.15, -0.1) is 0 Å². The fourth-order valence-corrected chi connectivity index (χ4v) is 4.42. The molecule has 4 rings (SSSR count). The molecule has 0 radical (unpaired) electrons. The number of aliphatic hydroxyl groups excluding tert-OH is 1. The molecule has 3 aromatic carbocycles. The van der Waals surface area contributed by atoms with E-state index in [-0.39, 0.29) is 11.3 Å². The Labute approximate surface area is 205 Å². The standard InChI is InChI=1S/C29H29NO5/c1-4-16-30-26(22-12-8-9-13-24(22)34-3)25(28(32)29(30)33)27(31)21-14-15-23(19(2)17-21)35-18-20-10-6-5-7-11-20/h5-15,17,26,31H,4,16,18H2,1-3H3/b27-25+. The number of amides is 1. The van der Waals surface area contributed by atoms with Crippen LogP contribution in [0.4, 0.5) is 0 Å². The molecule has 1 unspecified atom stereocenters. The van der Waals surface area contributed by atoms with Gasteiger partial charge >= 0.3 is 0 Å². The lowest BCUT2D eigenvalue weighted by Gasteiger charge is -2.26. The number of methoxy groups -OCH3 is 1. The molecule has 0 spiro atoms. The third-order valence-corrected chi connectivity index (χ3v) is 6.12. The van der Waals surface area contributed by atoms with Crippen LogP contribution in [0, 0.1) is 6.92 Å². The second-order valence-corrected chi connectivity index (χ2v) is 8.49. The maximum absolute atomic E-state index is 13.1. The smallest absolute Gasteiger partial charge is 0.295 e. The van der Waals surface area contributed by atoms with Crippen LogP contribution in [0.2, 0.25) is 0 Å². The molecule has 0 aromatic heterocycles. The van der Waals surface area contributed by atoms with Gasteiger partial charge in [-0.1, -0.05) is 55.5 Å². The van der Waals surface area contributed by atoms with E-state index in [0.717, 1.165) is 11.1 Å². The van der Waals surface area contributed by atoms with Gasteiger partial charge in [-0.05, 0) is 48.7 Å². The van der Waals surface area contributed by atoms with Crippen LogP contribution in [0.1, 0.15) is 41.6 Å². The first-order valence-corrected chi connectivity index (χ1v) is 11.6. The third-order valence-electron chi connectivity index (χ3n) is 6.12. The highest BCUT2D eigenvalue weighted by molar-refractivity contribution is 6.46. The zero-order valence-electron chi connectivity index (χ0n) is 20.2. The number of ketones is 1. The largest absolute Gasteiger partial charge is 0.507 e. The van der Waals surface area contributed by atoms with E-state index in [4.69, 9.17) is 9.47 Å². The molecule has 0 aliphatic carbocycles. The van der Waals surface area contributed by atoms with Crippen LogP contribution in [0.3, 0.4) is 0 Å². The van der Waals surface area contributed by atoms with Crippen molar-refractivity contribution in [3.8, 4) is 11.5 Å². The number of para-hydroxylation sites is 1. The minimum atomic E-state index is -0.736. The van der Waals surface area contributed by atoms with Gasteiger partial charge < -0.3 is 19.5 Å². The van der Waals surface area contributed by atoms with Crippen molar-refractivity contribution in [3.05, 3.63) is 101 Å². The summed E-state index contributed by atoms with van der Waals surface area (Å²) in [4.78, 5) is 27.6. The number of Topliss-reactive ketones (excluding diaryl/α,β-unsaturated/α-hetero) is 1. The molecule has 1 saturated heterocycles. The van der Waals surface area contributed by atoms with Crippen LogP contribution in [0.5, 0.6) is 11.5 Å². The van der Waals surface area contributed by atoms with Gasteiger partial charge in [0.05, 0.1) is 18.7 Å². The van der Waals surface area contributed by atoms with Crippen molar-refractivity contribution in [2.45, 2.75) is 32.9 Å². The molecule has 1 amide bonds. The zero-order chi connectivity index (χ0) is 24.9. The fourth-order valence-electron chi connectivity index (χ4n) is 4.42. The van der Waals surface area contributed by atoms with Crippen LogP contribution in [0.25, 0.3) is 5.76 Å². The molecule has 3 aromatic rings. The number of ether oxygens (including phenoxy) is 2. The Bertz CT molecular complexity index is 1270. The Morgan fingerprint density at radius 3 is 2.37 bits per heavy atom. The molecule has 6 nitrogen and oxygen atoms in total. The first kappa shape index (κ1) is 24.1. The zero-order valence-corrected chi connectivity index (χ0v) is 20.2. The first-order chi connectivity index (χ1) is 17.0. The second kappa shape index (κ2) is 10.5. The quantitative estimate of drug-likeness (QED) is 0.270. The summed E-state index contributed by atoms with van der Waals surface area (Å²) in [6.45, 7) is 4.62. The summed E-state index contributed by atoms with van der Waals surface area (Å²) in [6.07, 6.45) is 0.672. The van der Waals surface area contributed by atoms with Crippen molar-refractivity contribution in [2.75, 3.05) is 13.7 Å². The topological polar surface area (TPSA) is 76.1 Å². The van der Waals surface area contributed by atoms with Crippen LogP contribution in [-0.4, -0.2) is 35.4 Å². The lowest BCUT2D eigenvalue weighted by atomic mass is 9.94. The van der Waals surface area contributed by atoms with E-state index in [1.807, 2.05) is 62.4 Å². The summed E-state index contributed by atoms with van der Waals surface area (Å²) < 4.78 is 11.5. The lowest BCUT2D eigenvalue weighted by molar-refractivity contribution is -0.139. The van der Waals surface area contributed by atoms with Gasteiger partial charge in [0.15, 0.2) is 0 Å². The summed E-state index contributed by atoms with van der Waals surface area (Å²) in [5, 5.41) is 11.3. The summed E-state index contributed by atoms with van der Waals surface area (Å²) in [6, 6.07) is 21.6. The molecule has 35 heavy (non-hydrogen) atoms. The monoisotopic (exact) mass is 471 g/mol. The highest BCUT2D eigenvalue weighted by Crippen LogP contribution is 2.42. The maximum Gasteiger partial charge on any atom is 0.295 e. The van der Waals surface area contributed by atoms with Crippen molar-refractivity contribution in [3.63, 3.8) is 0 Å². The molecular formula is C29H29NO5. The minimum Gasteiger partial charge on any atom is -0.507 e. The van der Waals surface area contributed by atoms with Crippen LogP contribution in [0.15, 0.2) is 78.4 Å². The SMILES string of the molecule is CCCN1C(=O)C(=O)/C(=C(/O)c2ccc(OCc3ccccc3)c(C)c2)C1c1ccccc1OC. The average molecular weight is 472 g/mol. The number of carbonyl (C=O) groups is 2. The predicted octanol–water partition coefficient (Wildman–Crippen LogP) is 5.41. The molecule has 1 N–H and O–H groups in total. The van der Waals surface area contributed by atoms with Gasteiger partial charge in [-0.25, -0.2) is 0 Å². The van der Waals surface area contributed by atoms with Crippen molar-refractivity contribution < 1.29 is 24.2 Å².